The topological polar surface area (TPSA) is 77.6 Å². The van der Waals surface area contributed by atoms with Gasteiger partial charge in [0, 0.05) is 51.9 Å². The van der Waals surface area contributed by atoms with E-state index in [0.717, 1.165) is 44.1 Å². The summed E-state index contributed by atoms with van der Waals surface area (Å²) in [5, 5.41) is 5.69. The van der Waals surface area contributed by atoms with Crippen LogP contribution >= 0.6 is 0 Å². The van der Waals surface area contributed by atoms with E-state index in [-0.39, 0.29) is 17.7 Å². The maximum Gasteiger partial charge on any atom is 0.225 e. The molecule has 0 spiro atoms. The predicted molar refractivity (Wildman–Crippen MR) is 96.1 cm³/mol. The number of piperazine rings is 1. The molecule has 0 aliphatic carbocycles. The van der Waals surface area contributed by atoms with Crippen molar-refractivity contribution in [1.82, 2.24) is 20.5 Å². The Labute approximate surface area is 148 Å². The van der Waals surface area contributed by atoms with Gasteiger partial charge in [0.2, 0.25) is 11.8 Å². The summed E-state index contributed by atoms with van der Waals surface area (Å²) in [6, 6.07) is 4.06. The normalized spacial score (nSPS) is 21.7. The first kappa shape index (κ1) is 17.7. The molecule has 2 saturated heterocycles. The molecule has 2 amide bonds. The van der Waals surface area contributed by atoms with Gasteiger partial charge < -0.3 is 20.4 Å². The van der Waals surface area contributed by atoms with Gasteiger partial charge in [-0.15, -0.1) is 0 Å². The molecule has 0 saturated carbocycles. The number of carbonyl (C=O) groups excluding carboxylic acids is 2. The van der Waals surface area contributed by atoms with Crippen LogP contribution in [0.15, 0.2) is 18.3 Å². The number of hydrogen-bond donors (Lipinski definition) is 2. The molecule has 1 aromatic heterocycles. The summed E-state index contributed by atoms with van der Waals surface area (Å²) in [6.07, 6.45) is 2.89. The van der Waals surface area contributed by atoms with Crippen LogP contribution in [0.3, 0.4) is 0 Å². The maximum absolute atomic E-state index is 12.2. The number of nitrogens with zero attached hydrogens (tertiary/aromatic N) is 3. The summed E-state index contributed by atoms with van der Waals surface area (Å²) >= 11 is 0. The van der Waals surface area contributed by atoms with Crippen LogP contribution in [0.5, 0.6) is 0 Å². The quantitative estimate of drug-likeness (QED) is 0.806. The first-order valence-electron chi connectivity index (χ1n) is 9.12. The standard InChI is InChI=1S/C18H27N5O2/c1-2-22-7-9-23(10-8-22)16-5-3-14(11-19-16)12-21-18(25)15-4-6-17(24)20-13-15/h3,5,11,15H,2,4,6-10,12-13H2,1H3,(H,20,24)(H,21,25)/t15-/m0/s1. The fourth-order valence-corrected chi connectivity index (χ4v) is 3.29. The van der Waals surface area contributed by atoms with Crippen LogP contribution in [0.4, 0.5) is 5.82 Å². The second-order valence-electron chi connectivity index (χ2n) is 6.70. The zero-order valence-electron chi connectivity index (χ0n) is 14.8. The molecule has 0 radical (unpaired) electrons. The number of hydrogen-bond acceptors (Lipinski definition) is 5. The third-order valence-electron chi connectivity index (χ3n) is 5.06. The lowest BCUT2D eigenvalue weighted by molar-refractivity contribution is -0.129. The van der Waals surface area contributed by atoms with Crippen molar-refractivity contribution in [2.75, 3.05) is 44.2 Å². The van der Waals surface area contributed by atoms with Gasteiger partial charge in [0.05, 0.1) is 5.92 Å². The SMILES string of the molecule is CCN1CCN(c2ccc(CNC(=O)[C@H]3CCC(=O)NC3)cn2)CC1. The van der Waals surface area contributed by atoms with E-state index in [1.54, 1.807) is 0 Å². The van der Waals surface area contributed by atoms with Crippen LogP contribution in [-0.2, 0) is 16.1 Å². The third kappa shape index (κ3) is 4.69. The van der Waals surface area contributed by atoms with Gasteiger partial charge in [-0.05, 0) is 24.6 Å². The zero-order chi connectivity index (χ0) is 17.6. The van der Waals surface area contributed by atoms with Crippen LogP contribution in [0.25, 0.3) is 0 Å². The fourth-order valence-electron chi connectivity index (χ4n) is 3.29. The Morgan fingerprint density at radius 1 is 1.32 bits per heavy atom. The maximum atomic E-state index is 12.2. The second-order valence-corrected chi connectivity index (χ2v) is 6.70. The van der Waals surface area contributed by atoms with Gasteiger partial charge in [-0.25, -0.2) is 4.98 Å². The molecule has 2 fully saturated rings. The minimum absolute atomic E-state index is 0.000218. The molecule has 3 rings (SSSR count). The molecule has 7 heteroatoms. The van der Waals surface area contributed by atoms with Crippen LogP contribution in [0, 0.1) is 5.92 Å². The first-order valence-corrected chi connectivity index (χ1v) is 9.12. The number of piperidine rings is 1. The number of amides is 2. The Hall–Kier alpha value is -2.15. The summed E-state index contributed by atoms with van der Waals surface area (Å²) in [5.41, 5.74) is 0.990. The lowest BCUT2D eigenvalue weighted by Gasteiger charge is -2.34. The van der Waals surface area contributed by atoms with E-state index in [9.17, 15) is 9.59 Å². The average Bonchev–Trinajstić information content (AvgIpc) is 2.67. The van der Waals surface area contributed by atoms with E-state index in [2.05, 4.69) is 32.3 Å². The number of pyridine rings is 1. The van der Waals surface area contributed by atoms with Gasteiger partial charge >= 0.3 is 0 Å². The van der Waals surface area contributed by atoms with Crippen LogP contribution in [0.1, 0.15) is 25.3 Å². The van der Waals surface area contributed by atoms with Crippen molar-refractivity contribution in [3.8, 4) is 0 Å². The molecular formula is C18H27N5O2. The Morgan fingerprint density at radius 3 is 2.72 bits per heavy atom. The van der Waals surface area contributed by atoms with Crippen molar-refractivity contribution in [3.05, 3.63) is 23.9 Å². The van der Waals surface area contributed by atoms with Gasteiger partial charge in [-0.1, -0.05) is 13.0 Å². The van der Waals surface area contributed by atoms with E-state index < -0.39 is 0 Å². The van der Waals surface area contributed by atoms with E-state index in [0.29, 0.717) is 25.9 Å². The van der Waals surface area contributed by atoms with Gasteiger partial charge in [0.15, 0.2) is 0 Å². The van der Waals surface area contributed by atoms with Gasteiger partial charge in [-0.3, -0.25) is 9.59 Å². The average molecular weight is 345 g/mol. The van der Waals surface area contributed by atoms with Crippen molar-refractivity contribution in [2.24, 2.45) is 5.92 Å². The number of nitrogens with one attached hydrogen (secondary N) is 2. The summed E-state index contributed by atoms with van der Waals surface area (Å²) in [4.78, 5) is 32.6. The van der Waals surface area contributed by atoms with E-state index >= 15 is 0 Å². The van der Waals surface area contributed by atoms with Crippen molar-refractivity contribution in [1.29, 1.82) is 0 Å². The summed E-state index contributed by atoms with van der Waals surface area (Å²) in [6.45, 7) is 8.37. The lowest BCUT2D eigenvalue weighted by atomic mass is 9.98. The summed E-state index contributed by atoms with van der Waals surface area (Å²) in [5.74, 6) is 0.906. The monoisotopic (exact) mass is 345 g/mol. The molecular weight excluding hydrogens is 318 g/mol. The highest BCUT2D eigenvalue weighted by atomic mass is 16.2. The number of carbonyl (C=O) groups is 2. The van der Waals surface area contributed by atoms with Crippen molar-refractivity contribution < 1.29 is 9.59 Å². The number of likely N-dealkylation sites (N-methyl/N-ethyl adjacent to an activating group) is 1. The highest BCUT2D eigenvalue weighted by Crippen LogP contribution is 2.15. The molecule has 7 nitrogen and oxygen atoms in total. The van der Waals surface area contributed by atoms with E-state index in [1.807, 2.05) is 18.3 Å². The molecule has 0 bridgehead atoms. The summed E-state index contributed by atoms with van der Waals surface area (Å²) in [7, 11) is 0. The molecule has 3 heterocycles. The van der Waals surface area contributed by atoms with Gasteiger partial charge in [0.1, 0.15) is 5.82 Å². The molecule has 2 aliphatic heterocycles. The van der Waals surface area contributed by atoms with Crippen LogP contribution in [0.2, 0.25) is 0 Å². The van der Waals surface area contributed by atoms with Gasteiger partial charge in [0.25, 0.3) is 0 Å². The molecule has 136 valence electrons. The number of aromatic nitrogens is 1. The Balaban J connectivity index is 1.46. The Kier molecular flexibility index (Phi) is 5.86. The van der Waals surface area contributed by atoms with E-state index in [4.69, 9.17) is 0 Å². The number of anilines is 1. The predicted octanol–water partition coefficient (Wildman–Crippen LogP) is 0.366. The van der Waals surface area contributed by atoms with Crippen LogP contribution < -0.4 is 15.5 Å². The van der Waals surface area contributed by atoms with Crippen molar-refractivity contribution in [3.63, 3.8) is 0 Å². The molecule has 2 aliphatic rings. The van der Waals surface area contributed by atoms with Crippen molar-refractivity contribution in [2.45, 2.75) is 26.3 Å². The lowest BCUT2D eigenvalue weighted by Crippen LogP contribution is -2.46. The number of rotatable bonds is 5. The molecule has 0 aromatic carbocycles. The van der Waals surface area contributed by atoms with E-state index in [1.165, 1.54) is 0 Å². The highest BCUT2D eigenvalue weighted by molar-refractivity contribution is 5.83. The molecule has 25 heavy (non-hydrogen) atoms. The third-order valence-corrected chi connectivity index (χ3v) is 5.06. The molecule has 1 atom stereocenters. The largest absolute Gasteiger partial charge is 0.355 e. The molecule has 1 aromatic rings. The Morgan fingerprint density at radius 2 is 2.12 bits per heavy atom. The van der Waals surface area contributed by atoms with Crippen molar-refractivity contribution >= 4 is 17.6 Å². The molecule has 2 N–H and O–H groups in total. The van der Waals surface area contributed by atoms with Crippen LogP contribution in [-0.4, -0.2) is 61.0 Å². The Bertz CT molecular complexity index is 586. The molecule has 0 unspecified atom stereocenters. The fraction of sp³-hybridized carbons (Fsp3) is 0.611. The minimum atomic E-state index is -0.125. The minimum Gasteiger partial charge on any atom is -0.355 e. The zero-order valence-corrected chi connectivity index (χ0v) is 14.8. The summed E-state index contributed by atoms with van der Waals surface area (Å²) < 4.78 is 0. The smallest absolute Gasteiger partial charge is 0.225 e. The highest BCUT2D eigenvalue weighted by Gasteiger charge is 2.24. The second kappa shape index (κ2) is 8.29. The first-order chi connectivity index (χ1) is 12.2. The van der Waals surface area contributed by atoms with Gasteiger partial charge in [-0.2, -0.15) is 0 Å².